The number of hydrogen-bond donors (Lipinski definition) is 2. The molecule has 2 unspecified atom stereocenters. The van der Waals surface area contributed by atoms with Crippen LogP contribution in [-0.4, -0.2) is 5.91 Å². The highest BCUT2D eigenvalue weighted by molar-refractivity contribution is 5.85. The SMILES string of the molecule is CC(C(=O)NC1CCCc2cc(N)ccc21)C(C)(C)C.Cl. The number of nitrogens with one attached hydrogen (secondary N) is 1. The number of fused-ring (bicyclic) bond motifs is 1. The van der Waals surface area contributed by atoms with Crippen LogP contribution in [0.25, 0.3) is 0 Å². The zero-order valence-electron chi connectivity index (χ0n) is 13.4. The quantitative estimate of drug-likeness (QED) is 0.815. The molecule has 0 fully saturated rings. The van der Waals surface area contributed by atoms with Crippen molar-refractivity contribution in [3.63, 3.8) is 0 Å². The van der Waals surface area contributed by atoms with E-state index in [2.05, 4.69) is 32.2 Å². The smallest absolute Gasteiger partial charge is 0.223 e. The lowest BCUT2D eigenvalue weighted by Crippen LogP contribution is -2.39. The summed E-state index contributed by atoms with van der Waals surface area (Å²) >= 11 is 0. The van der Waals surface area contributed by atoms with E-state index in [1.165, 1.54) is 11.1 Å². The first-order valence-electron chi connectivity index (χ1n) is 7.47. The van der Waals surface area contributed by atoms with Crippen LogP contribution in [0.1, 0.15) is 57.7 Å². The van der Waals surface area contributed by atoms with Gasteiger partial charge in [0, 0.05) is 11.6 Å². The van der Waals surface area contributed by atoms with Crippen molar-refractivity contribution >= 4 is 24.0 Å². The van der Waals surface area contributed by atoms with Crippen LogP contribution in [0.2, 0.25) is 0 Å². The van der Waals surface area contributed by atoms with E-state index in [9.17, 15) is 4.79 Å². The van der Waals surface area contributed by atoms with Gasteiger partial charge >= 0.3 is 0 Å². The number of amides is 1. The first-order valence-corrected chi connectivity index (χ1v) is 7.47. The molecule has 3 N–H and O–H groups in total. The Hall–Kier alpha value is -1.22. The van der Waals surface area contributed by atoms with Crippen molar-refractivity contribution < 1.29 is 4.79 Å². The normalized spacial score (nSPS) is 19.1. The number of benzene rings is 1. The summed E-state index contributed by atoms with van der Waals surface area (Å²) in [7, 11) is 0. The summed E-state index contributed by atoms with van der Waals surface area (Å²) in [5.41, 5.74) is 9.16. The van der Waals surface area contributed by atoms with Gasteiger partial charge in [-0.25, -0.2) is 0 Å². The predicted molar refractivity (Wildman–Crippen MR) is 90.5 cm³/mol. The number of aryl methyl sites for hydroxylation is 1. The van der Waals surface area contributed by atoms with Crippen molar-refractivity contribution in [1.82, 2.24) is 5.32 Å². The maximum Gasteiger partial charge on any atom is 0.223 e. The lowest BCUT2D eigenvalue weighted by Gasteiger charge is -2.31. The maximum absolute atomic E-state index is 12.4. The van der Waals surface area contributed by atoms with Crippen molar-refractivity contribution in [1.29, 1.82) is 0 Å². The zero-order chi connectivity index (χ0) is 14.9. The molecule has 2 atom stereocenters. The Balaban J connectivity index is 0.00000220. The number of carbonyl (C=O) groups is 1. The minimum atomic E-state index is -0.0112. The molecule has 0 bridgehead atoms. The van der Waals surface area contributed by atoms with Crippen LogP contribution in [0.3, 0.4) is 0 Å². The van der Waals surface area contributed by atoms with E-state index in [1.54, 1.807) is 0 Å². The minimum absolute atomic E-state index is 0. The number of carbonyl (C=O) groups excluding carboxylic acids is 1. The minimum Gasteiger partial charge on any atom is -0.399 e. The van der Waals surface area contributed by atoms with E-state index in [4.69, 9.17) is 5.73 Å². The van der Waals surface area contributed by atoms with Crippen LogP contribution in [-0.2, 0) is 11.2 Å². The standard InChI is InChI=1S/C17H26N2O.ClH/c1-11(17(2,3)4)16(20)19-15-7-5-6-12-10-13(18)8-9-14(12)15;/h8-11,15H,5-7,18H2,1-4H3,(H,19,20);1H. The van der Waals surface area contributed by atoms with Crippen LogP contribution in [0.5, 0.6) is 0 Å². The van der Waals surface area contributed by atoms with Gasteiger partial charge in [0.05, 0.1) is 6.04 Å². The Kier molecular flexibility index (Phi) is 5.68. The van der Waals surface area contributed by atoms with Gasteiger partial charge in [-0.1, -0.05) is 33.8 Å². The molecule has 1 aliphatic rings. The lowest BCUT2D eigenvalue weighted by atomic mass is 9.80. The fourth-order valence-corrected chi connectivity index (χ4v) is 2.67. The van der Waals surface area contributed by atoms with Gasteiger partial charge in [0.15, 0.2) is 0 Å². The Labute approximate surface area is 134 Å². The summed E-state index contributed by atoms with van der Waals surface area (Å²) in [5.74, 6) is 0.147. The van der Waals surface area contributed by atoms with Gasteiger partial charge in [-0.05, 0) is 47.9 Å². The molecule has 1 aromatic carbocycles. The number of nitrogen functional groups attached to an aromatic ring is 1. The molecule has 21 heavy (non-hydrogen) atoms. The summed E-state index contributed by atoms with van der Waals surface area (Å²) in [6.07, 6.45) is 3.17. The third-order valence-electron chi connectivity index (χ3n) is 4.49. The van der Waals surface area contributed by atoms with Crippen molar-refractivity contribution in [2.75, 3.05) is 5.73 Å². The molecule has 4 heteroatoms. The highest BCUT2D eigenvalue weighted by atomic mass is 35.5. The first kappa shape index (κ1) is 17.8. The van der Waals surface area contributed by atoms with E-state index in [1.807, 2.05) is 19.1 Å². The third-order valence-corrected chi connectivity index (χ3v) is 4.49. The highest BCUT2D eigenvalue weighted by Crippen LogP contribution is 2.32. The van der Waals surface area contributed by atoms with Gasteiger partial charge in [-0.15, -0.1) is 12.4 Å². The zero-order valence-corrected chi connectivity index (χ0v) is 14.2. The average molecular weight is 311 g/mol. The highest BCUT2D eigenvalue weighted by Gasteiger charge is 2.29. The molecule has 0 aromatic heterocycles. The fraction of sp³-hybridized carbons (Fsp3) is 0.588. The van der Waals surface area contributed by atoms with Crippen LogP contribution in [0, 0.1) is 11.3 Å². The Morgan fingerprint density at radius 1 is 1.38 bits per heavy atom. The van der Waals surface area contributed by atoms with Gasteiger partial charge in [0.25, 0.3) is 0 Å². The third kappa shape index (κ3) is 4.13. The van der Waals surface area contributed by atoms with Crippen molar-refractivity contribution in [2.45, 2.75) is 53.0 Å². The molecule has 3 nitrogen and oxygen atoms in total. The molecule has 1 amide bonds. The van der Waals surface area contributed by atoms with Gasteiger partial charge < -0.3 is 11.1 Å². The maximum atomic E-state index is 12.4. The van der Waals surface area contributed by atoms with Crippen LogP contribution in [0.4, 0.5) is 5.69 Å². The molecular weight excluding hydrogens is 284 g/mol. The molecule has 0 saturated carbocycles. The second-order valence-corrected chi connectivity index (χ2v) is 7.00. The summed E-state index contributed by atoms with van der Waals surface area (Å²) in [4.78, 5) is 12.4. The number of halogens is 1. The topological polar surface area (TPSA) is 55.1 Å². The number of anilines is 1. The van der Waals surface area contributed by atoms with Gasteiger partial charge in [-0.2, -0.15) is 0 Å². The lowest BCUT2D eigenvalue weighted by molar-refractivity contribution is -0.128. The molecule has 0 aliphatic heterocycles. The van der Waals surface area contributed by atoms with Crippen molar-refractivity contribution in [2.24, 2.45) is 11.3 Å². The van der Waals surface area contributed by atoms with Crippen LogP contribution >= 0.6 is 12.4 Å². The molecule has 0 spiro atoms. The largest absolute Gasteiger partial charge is 0.399 e. The Morgan fingerprint density at radius 2 is 2.05 bits per heavy atom. The summed E-state index contributed by atoms with van der Waals surface area (Å²) in [5, 5.41) is 3.22. The van der Waals surface area contributed by atoms with E-state index < -0.39 is 0 Å². The molecule has 1 aromatic rings. The number of hydrogen-bond acceptors (Lipinski definition) is 2. The van der Waals surface area contributed by atoms with Crippen LogP contribution in [0.15, 0.2) is 18.2 Å². The van der Waals surface area contributed by atoms with Gasteiger partial charge in [-0.3, -0.25) is 4.79 Å². The van der Waals surface area contributed by atoms with Gasteiger partial charge in [0.1, 0.15) is 0 Å². The molecule has 0 radical (unpaired) electrons. The summed E-state index contributed by atoms with van der Waals surface area (Å²) in [6, 6.07) is 6.17. The monoisotopic (exact) mass is 310 g/mol. The fourth-order valence-electron chi connectivity index (χ4n) is 2.67. The predicted octanol–water partition coefficient (Wildman–Crippen LogP) is 3.87. The molecule has 118 valence electrons. The second kappa shape index (κ2) is 6.69. The van der Waals surface area contributed by atoms with E-state index in [-0.39, 0.29) is 35.7 Å². The van der Waals surface area contributed by atoms with Crippen molar-refractivity contribution in [3.8, 4) is 0 Å². The van der Waals surface area contributed by atoms with Crippen LogP contribution < -0.4 is 11.1 Å². The summed E-state index contributed by atoms with van der Waals surface area (Å²) < 4.78 is 0. The average Bonchev–Trinajstić information content (AvgIpc) is 2.36. The molecule has 0 saturated heterocycles. The van der Waals surface area contributed by atoms with E-state index >= 15 is 0 Å². The Bertz CT molecular complexity index is 508. The van der Waals surface area contributed by atoms with Crippen molar-refractivity contribution in [3.05, 3.63) is 29.3 Å². The molecule has 1 aliphatic carbocycles. The number of rotatable bonds is 2. The molecule has 2 rings (SSSR count). The first-order chi connectivity index (χ1) is 9.29. The Morgan fingerprint density at radius 3 is 2.67 bits per heavy atom. The van der Waals surface area contributed by atoms with E-state index in [0.717, 1.165) is 24.9 Å². The van der Waals surface area contributed by atoms with Gasteiger partial charge in [0.2, 0.25) is 5.91 Å². The summed E-state index contributed by atoms with van der Waals surface area (Å²) in [6.45, 7) is 8.31. The van der Waals surface area contributed by atoms with E-state index in [0.29, 0.717) is 0 Å². The molecule has 0 heterocycles. The molecular formula is C17H27ClN2O. The second-order valence-electron chi connectivity index (χ2n) is 7.00. The number of nitrogens with two attached hydrogens (primary N) is 1.